The highest BCUT2D eigenvalue weighted by Crippen LogP contribution is 2.30. The first-order valence-corrected chi connectivity index (χ1v) is 9.51. The molecule has 0 aliphatic carbocycles. The summed E-state index contributed by atoms with van der Waals surface area (Å²) in [6.07, 6.45) is 1.71. The topological polar surface area (TPSA) is 57.0 Å². The number of benzene rings is 1. The van der Waals surface area contributed by atoms with E-state index in [1.807, 2.05) is 29.0 Å². The quantitative estimate of drug-likeness (QED) is 0.474. The third kappa shape index (κ3) is 2.95. The van der Waals surface area contributed by atoms with E-state index in [2.05, 4.69) is 10.1 Å². The number of hydrogen-bond acceptors (Lipinski definition) is 6. The Balaban J connectivity index is 1.75. The number of carbonyl (C=O) groups is 1. The first-order chi connectivity index (χ1) is 12.2. The van der Waals surface area contributed by atoms with Crippen LogP contribution in [0.5, 0.6) is 0 Å². The van der Waals surface area contributed by atoms with Gasteiger partial charge in [-0.1, -0.05) is 17.7 Å². The lowest BCUT2D eigenvalue weighted by atomic mass is 10.1. The van der Waals surface area contributed by atoms with Crippen LogP contribution in [0.2, 0.25) is 5.02 Å². The van der Waals surface area contributed by atoms with Gasteiger partial charge in [-0.05, 0) is 23.6 Å². The molecule has 5 nitrogen and oxygen atoms in total. The number of halogens is 1. The molecule has 0 unspecified atom stereocenters. The molecule has 126 valence electrons. The minimum Gasteiger partial charge on any atom is -0.465 e. The molecule has 4 rings (SSSR count). The normalized spacial score (nSPS) is 11.1. The van der Waals surface area contributed by atoms with Crippen LogP contribution < -0.4 is 0 Å². The smallest absolute Gasteiger partial charge is 0.341 e. The van der Waals surface area contributed by atoms with Gasteiger partial charge in [-0.15, -0.1) is 22.7 Å². The highest BCUT2D eigenvalue weighted by molar-refractivity contribution is 7.20. The van der Waals surface area contributed by atoms with Crippen molar-refractivity contribution in [3.63, 3.8) is 0 Å². The van der Waals surface area contributed by atoms with Crippen molar-refractivity contribution in [2.24, 2.45) is 0 Å². The van der Waals surface area contributed by atoms with E-state index in [-0.39, 0.29) is 0 Å². The summed E-state index contributed by atoms with van der Waals surface area (Å²) in [5, 5.41) is 10.6. The van der Waals surface area contributed by atoms with E-state index in [1.54, 1.807) is 39.6 Å². The minimum atomic E-state index is -0.477. The zero-order valence-electron chi connectivity index (χ0n) is 13.1. The van der Waals surface area contributed by atoms with Gasteiger partial charge < -0.3 is 4.74 Å². The van der Waals surface area contributed by atoms with Gasteiger partial charge in [-0.2, -0.15) is 5.10 Å². The van der Waals surface area contributed by atoms with Gasteiger partial charge in [0.25, 0.3) is 0 Å². The minimum absolute atomic E-state index is 0.327. The number of rotatable bonds is 4. The lowest BCUT2D eigenvalue weighted by Crippen LogP contribution is -2.09. The van der Waals surface area contributed by atoms with Crippen LogP contribution in [-0.4, -0.2) is 27.8 Å². The molecule has 0 aliphatic heterocycles. The largest absolute Gasteiger partial charge is 0.465 e. The summed E-state index contributed by atoms with van der Waals surface area (Å²) in [5.74, 6) is -0.477. The van der Waals surface area contributed by atoms with Crippen molar-refractivity contribution in [3.8, 4) is 9.88 Å². The van der Waals surface area contributed by atoms with E-state index < -0.39 is 5.97 Å². The summed E-state index contributed by atoms with van der Waals surface area (Å²) >= 11 is 9.48. The molecule has 0 fully saturated rings. The van der Waals surface area contributed by atoms with E-state index >= 15 is 0 Å². The predicted molar refractivity (Wildman–Crippen MR) is 101 cm³/mol. The van der Waals surface area contributed by atoms with Gasteiger partial charge in [0.2, 0.25) is 0 Å². The van der Waals surface area contributed by atoms with Crippen molar-refractivity contribution in [1.82, 2.24) is 14.8 Å². The third-order valence-corrected chi connectivity index (χ3v) is 5.98. The maximum atomic E-state index is 12.2. The fraction of sp³-hybridized carbons (Fsp3) is 0.118. The van der Waals surface area contributed by atoms with Crippen LogP contribution >= 0.6 is 34.3 Å². The Morgan fingerprint density at radius 1 is 1.32 bits per heavy atom. The number of thiophene rings is 1. The molecule has 4 aromatic rings. The summed E-state index contributed by atoms with van der Waals surface area (Å²) in [6.45, 7) is 0.454. The van der Waals surface area contributed by atoms with Crippen LogP contribution in [0.4, 0.5) is 0 Å². The molecule has 0 saturated carbocycles. The molecule has 8 heteroatoms. The Labute approximate surface area is 156 Å². The van der Waals surface area contributed by atoms with Crippen molar-refractivity contribution in [1.29, 1.82) is 0 Å². The molecule has 0 spiro atoms. The van der Waals surface area contributed by atoms with Gasteiger partial charge in [0, 0.05) is 10.8 Å². The molecule has 0 amide bonds. The molecular formula is C17H12ClN3O2S2. The molecule has 25 heavy (non-hydrogen) atoms. The summed E-state index contributed by atoms with van der Waals surface area (Å²) < 4.78 is 6.61. The highest BCUT2D eigenvalue weighted by Gasteiger charge is 2.19. The molecule has 0 aliphatic rings. The van der Waals surface area contributed by atoms with E-state index in [4.69, 9.17) is 16.3 Å². The van der Waals surface area contributed by atoms with Crippen LogP contribution in [0.25, 0.3) is 20.8 Å². The third-order valence-electron chi connectivity index (χ3n) is 3.74. The molecule has 0 radical (unpaired) electrons. The number of esters is 1. The van der Waals surface area contributed by atoms with Crippen LogP contribution in [0.15, 0.2) is 41.2 Å². The maximum absolute atomic E-state index is 12.2. The molecule has 0 saturated heterocycles. The Morgan fingerprint density at radius 2 is 2.20 bits per heavy atom. The van der Waals surface area contributed by atoms with Crippen molar-refractivity contribution >= 4 is 51.1 Å². The number of hydrogen-bond donors (Lipinski definition) is 0. The van der Waals surface area contributed by atoms with E-state index in [0.717, 1.165) is 21.0 Å². The number of carbonyl (C=O) groups excluding carboxylic acids is 1. The van der Waals surface area contributed by atoms with Gasteiger partial charge in [0.15, 0.2) is 0 Å². The van der Waals surface area contributed by atoms with Gasteiger partial charge >= 0.3 is 5.97 Å². The van der Waals surface area contributed by atoms with Crippen molar-refractivity contribution in [2.75, 3.05) is 7.11 Å². The van der Waals surface area contributed by atoms with Crippen LogP contribution in [-0.2, 0) is 11.3 Å². The van der Waals surface area contributed by atoms with E-state index in [1.165, 1.54) is 7.11 Å². The molecular weight excluding hydrogens is 378 g/mol. The van der Waals surface area contributed by atoms with Crippen LogP contribution in [0.3, 0.4) is 0 Å². The van der Waals surface area contributed by atoms with Crippen molar-refractivity contribution in [3.05, 3.63) is 57.5 Å². The predicted octanol–water partition coefficient (Wildman–Crippen LogP) is 4.71. The van der Waals surface area contributed by atoms with Gasteiger partial charge in [0.05, 0.1) is 41.0 Å². The standard InChI is InChI=1S/C17H12ClN3O2S2/c1-23-17(22)14-12(18)5-4-10-7-19-21(15(10)14)8-11-9-25-16(20-11)13-3-2-6-24-13/h2-7,9H,8H2,1H3. The molecule has 0 bridgehead atoms. The second-order valence-corrected chi connectivity index (χ2v) is 7.49. The average molecular weight is 390 g/mol. The van der Waals surface area contributed by atoms with Crippen LogP contribution in [0.1, 0.15) is 16.1 Å². The number of nitrogens with zero attached hydrogens (tertiary/aromatic N) is 3. The molecule has 1 aromatic carbocycles. The fourth-order valence-corrected chi connectivity index (χ4v) is 4.47. The first-order valence-electron chi connectivity index (χ1n) is 7.38. The summed E-state index contributed by atoms with van der Waals surface area (Å²) in [4.78, 5) is 18.0. The molecule has 0 atom stereocenters. The van der Waals surface area contributed by atoms with Crippen molar-refractivity contribution < 1.29 is 9.53 Å². The Kier molecular flexibility index (Phi) is 4.29. The van der Waals surface area contributed by atoms with Gasteiger partial charge in [0.1, 0.15) is 10.6 Å². The number of aromatic nitrogens is 3. The zero-order chi connectivity index (χ0) is 17.4. The summed E-state index contributed by atoms with van der Waals surface area (Å²) in [6, 6.07) is 7.57. The monoisotopic (exact) mass is 389 g/mol. The Morgan fingerprint density at radius 3 is 2.96 bits per heavy atom. The Bertz CT molecular complexity index is 1050. The summed E-state index contributed by atoms with van der Waals surface area (Å²) in [5.41, 5.74) is 1.87. The van der Waals surface area contributed by atoms with Crippen molar-refractivity contribution in [2.45, 2.75) is 6.54 Å². The Hall–Kier alpha value is -2.22. The van der Waals surface area contributed by atoms with E-state index in [0.29, 0.717) is 22.6 Å². The SMILES string of the molecule is COC(=O)c1c(Cl)ccc2cnn(Cc3csc(-c4cccs4)n3)c12. The number of thiazole rings is 1. The number of ether oxygens (including phenoxy) is 1. The zero-order valence-corrected chi connectivity index (χ0v) is 15.5. The highest BCUT2D eigenvalue weighted by atomic mass is 35.5. The average Bonchev–Trinajstić information content (AvgIpc) is 3.35. The summed E-state index contributed by atoms with van der Waals surface area (Å²) in [7, 11) is 1.34. The number of methoxy groups -OCH3 is 1. The second kappa shape index (κ2) is 6.59. The van der Waals surface area contributed by atoms with E-state index in [9.17, 15) is 4.79 Å². The lowest BCUT2D eigenvalue weighted by molar-refractivity contribution is 0.0602. The van der Waals surface area contributed by atoms with Crippen LogP contribution in [0, 0.1) is 0 Å². The number of fused-ring (bicyclic) bond motifs is 1. The fourth-order valence-electron chi connectivity index (χ4n) is 2.62. The maximum Gasteiger partial charge on any atom is 0.341 e. The first kappa shape index (κ1) is 16.3. The second-order valence-electron chi connectivity index (χ2n) is 5.28. The molecule has 3 aromatic heterocycles. The lowest BCUT2D eigenvalue weighted by Gasteiger charge is -2.07. The molecule has 0 N–H and O–H groups in total. The van der Waals surface area contributed by atoms with Gasteiger partial charge in [-0.3, -0.25) is 4.68 Å². The molecule has 3 heterocycles. The van der Waals surface area contributed by atoms with Gasteiger partial charge in [-0.25, -0.2) is 9.78 Å².